The van der Waals surface area contributed by atoms with Gasteiger partial charge in [0.15, 0.2) is 0 Å². The quantitative estimate of drug-likeness (QED) is 0.0330. The molecule has 0 aromatic rings. The largest absolute Gasteiger partial charge is 0.466 e. The van der Waals surface area contributed by atoms with Crippen LogP contribution in [-0.2, 0) is 14.3 Å². The molecule has 2 unspecified atom stereocenters. The number of hydrogen-bond acceptors (Lipinski definition) is 5. The van der Waals surface area contributed by atoms with Gasteiger partial charge < -0.3 is 20.3 Å². The van der Waals surface area contributed by atoms with E-state index in [1.54, 1.807) is 6.08 Å². The minimum Gasteiger partial charge on any atom is -0.466 e. The topological polar surface area (TPSA) is 95.9 Å². The second kappa shape index (κ2) is 42.6. The lowest BCUT2D eigenvalue weighted by Crippen LogP contribution is -2.45. The fourth-order valence-electron chi connectivity index (χ4n) is 6.29. The highest BCUT2D eigenvalue weighted by molar-refractivity contribution is 5.76. The zero-order valence-corrected chi connectivity index (χ0v) is 34.7. The van der Waals surface area contributed by atoms with E-state index in [4.69, 9.17) is 4.74 Å². The lowest BCUT2D eigenvalue weighted by atomic mass is 10.1. The summed E-state index contributed by atoms with van der Waals surface area (Å²) in [6.07, 6.45) is 50.9. The Morgan fingerprint density at radius 3 is 1.51 bits per heavy atom. The van der Waals surface area contributed by atoms with E-state index < -0.39 is 12.1 Å². The van der Waals surface area contributed by atoms with E-state index in [0.717, 1.165) is 96.3 Å². The molecular formula is C47H85NO5. The number of aliphatic hydroxyl groups is 2. The molecule has 2 atom stereocenters. The third kappa shape index (κ3) is 39.3. The van der Waals surface area contributed by atoms with Gasteiger partial charge in [0.05, 0.1) is 25.4 Å². The summed E-state index contributed by atoms with van der Waals surface area (Å²) in [7, 11) is 0. The van der Waals surface area contributed by atoms with Crippen molar-refractivity contribution in [2.45, 2.75) is 225 Å². The van der Waals surface area contributed by atoms with Crippen molar-refractivity contribution < 1.29 is 24.5 Å². The molecule has 308 valence electrons. The lowest BCUT2D eigenvalue weighted by molar-refractivity contribution is -0.143. The summed E-state index contributed by atoms with van der Waals surface area (Å²) in [5, 5.41) is 22.9. The van der Waals surface area contributed by atoms with Gasteiger partial charge in [0.25, 0.3) is 0 Å². The third-order valence-corrected chi connectivity index (χ3v) is 9.81. The molecule has 1 amide bonds. The minimum absolute atomic E-state index is 0.0494. The molecule has 0 aromatic carbocycles. The van der Waals surface area contributed by atoms with Gasteiger partial charge in [-0.15, -0.1) is 0 Å². The number of carbonyl (C=O) groups is 2. The van der Waals surface area contributed by atoms with Crippen LogP contribution in [0.2, 0.25) is 0 Å². The molecule has 0 fully saturated rings. The van der Waals surface area contributed by atoms with Crippen LogP contribution < -0.4 is 5.32 Å². The summed E-state index contributed by atoms with van der Waals surface area (Å²) >= 11 is 0. The number of unbranched alkanes of at least 4 members (excludes halogenated alkanes) is 23. The number of nitrogens with one attached hydrogen (secondary N) is 1. The fraction of sp³-hybridized carbons (Fsp3) is 0.787. The molecule has 0 radical (unpaired) electrons. The molecule has 0 heterocycles. The van der Waals surface area contributed by atoms with Crippen LogP contribution in [0.5, 0.6) is 0 Å². The lowest BCUT2D eigenvalue weighted by Gasteiger charge is -2.20. The normalized spacial score (nSPS) is 13.2. The predicted molar refractivity (Wildman–Crippen MR) is 227 cm³/mol. The minimum atomic E-state index is -0.862. The average molecular weight is 744 g/mol. The van der Waals surface area contributed by atoms with E-state index in [0.29, 0.717) is 19.4 Å². The van der Waals surface area contributed by atoms with Crippen molar-refractivity contribution >= 4 is 11.9 Å². The van der Waals surface area contributed by atoms with Gasteiger partial charge in [-0.2, -0.15) is 0 Å². The Kier molecular flexibility index (Phi) is 40.8. The Morgan fingerprint density at radius 2 is 0.962 bits per heavy atom. The van der Waals surface area contributed by atoms with Gasteiger partial charge >= 0.3 is 5.97 Å². The molecule has 6 heteroatoms. The van der Waals surface area contributed by atoms with Crippen molar-refractivity contribution in [2.24, 2.45) is 0 Å². The maximum absolute atomic E-state index is 12.4. The molecular weight excluding hydrogens is 659 g/mol. The SMILES string of the molecule is CCCC/C=C\C/C=C\CCCCCCCC(=O)OCCCC/C=C\CCCCCCCC(=O)NC(CO)C(O)/C=C/CCCCCCCCCCC. The first-order valence-corrected chi connectivity index (χ1v) is 22.4. The first-order valence-electron chi connectivity index (χ1n) is 22.4. The first-order chi connectivity index (χ1) is 26.0. The van der Waals surface area contributed by atoms with Crippen molar-refractivity contribution in [1.82, 2.24) is 5.32 Å². The van der Waals surface area contributed by atoms with Gasteiger partial charge in [-0.25, -0.2) is 0 Å². The molecule has 53 heavy (non-hydrogen) atoms. The maximum Gasteiger partial charge on any atom is 0.305 e. The molecule has 0 rings (SSSR count). The van der Waals surface area contributed by atoms with Gasteiger partial charge in [-0.05, 0) is 83.5 Å². The van der Waals surface area contributed by atoms with E-state index in [1.807, 2.05) is 6.08 Å². The van der Waals surface area contributed by atoms with Crippen LogP contribution in [0, 0.1) is 0 Å². The molecule has 0 bridgehead atoms. The summed E-state index contributed by atoms with van der Waals surface area (Å²) in [6.45, 7) is 4.74. The van der Waals surface area contributed by atoms with Crippen LogP contribution in [0.15, 0.2) is 48.6 Å². The zero-order valence-electron chi connectivity index (χ0n) is 34.7. The molecule has 3 N–H and O–H groups in total. The van der Waals surface area contributed by atoms with E-state index in [9.17, 15) is 19.8 Å². The molecule has 0 aliphatic heterocycles. The Labute approximate surface area is 327 Å². The van der Waals surface area contributed by atoms with Gasteiger partial charge in [0, 0.05) is 12.8 Å². The number of rotatable bonds is 40. The molecule has 0 aliphatic rings. The van der Waals surface area contributed by atoms with Gasteiger partial charge in [0.2, 0.25) is 5.91 Å². The predicted octanol–water partition coefficient (Wildman–Crippen LogP) is 12.7. The van der Waals surface area contributed by atoms with Gasteiger partial charge in [-0.1, -0.05) is 165 Å². The number of ether oxygens (including phenoxy) is 1. The Bertz CT molecular complexity index is 911. The smallest absolute Gasteiger partial charge is 0.305 e. The Morgan fingerprint density at radius 1 is 0.528 bits per heavy atom. The molecule has 0 spiro atoms. The monoisotopic (exact) mass is 744 g/mol. The van der Waals surface area contributed by atoms with Crippen LogP contribution in [0.25, 0.3) is 0 Å². The highest BCUT2D eigenvalue weighted by atomic mass is 16.5. The van der Waals surface area contributed by atoms with Gasteiger partial charge in [0.1, 0.15) is 0 Å². The van der Waals surface area contributed by atoms with Gasteiger partial charge in [-0.3, -0.25) is 9.59 Å². The molecule has 6 nitrogen and oxygen atoms in total. The van der Waals surface area contributed by atoms with E-state index in [1.165, 1.54) is 89.9 Å². The zero-order chi connectivity index (χ0) is 38.7. The van der Waals surface area contributed by atoms with E-state index in [-0.39, 0.29) is 18.5 Å². The van der Waals surface area contributed by atoms with Crippen molar-refractivity contribution in [1.29, 1.82) is 0 Å². The van der Waals surface area contributed by atoms with Crippen molar-refractivity contribution in [3.05, 3.63) is 48.6 Å². The molecule has 0 aliphatic carbocycles. The third-order valence-electron chi connectivity index (χ3n) is 9.81. The highest BCUT2D eigenvalue weighted by Gasteiger charge is 2.18. The summed E-state index contributed by atoms with van der Waals surface area (Å²) in [5.41, 5.74) is 0. The molecule has 0 saturated heterocycles. The second-order valence-corrected chi connectivity index (χ2v) is 15.0. The van der Waals surface area contributed by atoms with Crippen molar-refractivity contribution in [3.8, 4) is 0 Å². The summed E-state index contributed by atoms with van der Waals surface area (Å²) in [5.74, 6) is -0.151. The van der Waals surface area contributed by atoms with Crippen LogP contribution in [-0.4, -0.2) is 47.4 Å². The number of amides is 1. The Balaban J connectivity index is 3.58. The van der Waals surface area contributed by atoms with Crippen molar-refractivity contribution in [3.63, 3.8) is 0 Å². The van der Waals surface area contributed by atoms with Crippen LogP contribution >= 0.6 is 0 Å². The number of allylic oxidation sites excluding steroid dienone is 7. The summed E-state index contributed by atoms with van der Waals surface area (Å²) < 4.78 is 5.41. The van der Waals surface area contributed by atoms with Crippen molar-refractivity contribution in [2.75, 3.05) is 13.2 Å². The van der Waals surface area contributed by atoms with E-state index >= 15 is 0 Å². The maximum atomic E-state index is 12.4. The fourth-order valence-corrected chi connectivity index (χ4v) is 6.29. The van der Waals surface area contributed by atoms with Crippen LogP contribution in [0.3, 0.4) is 0 Å². The Hall–Kier alpha value is -2.18. The average Bonchev–Trinajstić information content (AvgIpc) is 3.16. The summed E-state index contributed by atoms with van der Waals surface area (Å²) in [6, 6.07) is -0.649. The van der Waals surface area contributed by atoms with Crippen LogP contribution in [0.1, 0.15) is 213 Å². The number of carbonyl (C=O) groups excluding carboxylic acids is 2. The van der Waals surface area contributed by atoms with E-state index in [2.05, 4.69) is 55.6 Å². The number of esters is 1. The molecule has 0 aromatic heterocycles. The highest BCUT2D eigenvalue weighted by Crippen LogP contribution is 2.13. The molecule has 0 saturated carbocycles. The first kappa shape index (κ1) is 50.8. The second-order valence-electron chi connectivity index (χ2n) is 15.0. The standard InChI is InChI=1S/C47H85NO5/c1-3-5-7-9-11-13-15-16-17-21-25-29-33-37-41-47(52)53-42-38-34-30-26-22-18-20-24-28-32-36-40-46(51)48-44(43-49)45(50)39-35-31-27-23-19-14-12-10-8-6-4-2/h9,11,15-16,22,26,35,39,44-45,49-50H,3-8,10,12-14,17-21,23-25,27-34,36-38,40-43H2,1-2H3,(H,48,51)/b11-9-,16-15-,26-22-,39-35+. The summed E-state index contributed by atoms with van der Waals surface area (Å²) in [4.78, 5) is 24.3. The number of hydrogen-bond donors (Lipinski definition) is 3. The number of aliphatic hydroxyl groups excluding tert-OH is 2. The van der Waals surface area contributed by atoms with Crippen LogP contribution in [0.4, 0.5) is 0 Å².